The predicted octanol–water partition coefficient (Wildman–Crippen LogP) is -0.0555. The van der Waals surface area contributed by atoms with E-state index in [-0.39, 0.29) is 25.5 Å². The molecule has 1 radical (unpaired) electrons. The summed E-state index contributed by atoms with van der Waals surface area (Å²) in [4.78, 5) is 0. The molecule has 0 saturated heterocycles. The van der Waals surface area contributed by atoms with Crippen molar-refractivity contribution in [2.45, 2.75) is 12.8 Å². The number of hydrogen-bond acceptors (Lipinski definition) is 1. The average molecular weight is 81.1 g/mol. The minimum absolute atomic E-state index is 0. The summed E-state index contributed by atoms with van der Waals surface area (Å²) in [6.07, 6.45) is 1.68. The van der Waals surface area contributed by atoms with Crippen LogP contribution in [0.15, 0.2) is 0 Å². The van der Waals surface area contributed by atoms with E-state index in [0.29, 0.717) is 0 Å². The number of rotatable bonds is 2. The van der Waals surface area contributed by atoms with Gasteiger partial charge in [0.05, 0.1) is 0 Å². The molecule has 0 atom stereocenters. The third kappa shape index (κ3) is 8.82. The molecule has 0 aromatic rings. The third-order valence-electron chi connectivity index (χ3n) is 0.408. The van der Waals surface area contributed by atoms with E-state index in [1.807, 2.05) is 0 Å². The summed E-state index contributed by atoms with van der Waals surface area (Å²) in [7, 11) is 0. The predicted molar refractivity (Wildman–Crippen MR) is 28.8 cm³/mol. The summed E-state index contributed by atoms with van der Waals surface area (Å²) in [5, 5.41) is 8.03. The number of aliphatic hydroxyl groups is 1. The van der Waals surface area contributed by atoms with Gasteiger partial charge in [0.1, 0.15) is 0 Å². The Morgan fingerprint density at radius 3 is 2.00 bits per heavy atom. The molecular weight excluding hydrogens is 71.0 g/mol. The van der Waals surface area contributed by atoms with Crippen molar-refractivity contribution in [3.8, 4) is 0 Å². The van der Waals surface area contributed by atoms with Gasteiger partial charge in [0, 0.05) is 6.61 Å². The van der Waals surface area contributed by atoms with Crippen LogP contribution in [-0.2, 0) is 0 Å². The molecule has 33 valence electrons. The summed E-state index contributed by atoms with van der Waals surface area (Å²) >= 11 is 0. The van der Waals surface area contributed by atoms with Gasteiger partial charge >= 0.3 is 18.9 Å². The van der Waals surface area contributed by atoms with Crippen molar-refractivity contribution in [2.75, 3.05) is 6.61 Å². The van der Waals surface area contributed by atoms with E-state index in [1.165, 1.54) is 0 Å². The molecule has 0 unspecified atom stereocenters. The van der Waals surface area contributed by atoms with Crippen LogP contribution in [-0.4, -0.2) is 30.6 Å². The standard InChI is InChI=1S/C4H9O.Li.H/c1-2-3-4-5;;/h5H,1-4H2;;. The first-order valence-electron chi connectivity index (χ1n) is 1.82. The Labute approximate surface area is 50.9 Å². The van der Waals surface area contributed by atoms with Crippen LogP contribution >= 0.6 is 0 Å². The van der Waals surface area contributed by atoms with E-state index in [2.05, 4.69) is 6.92 Å². The van der Waals surface area contributed by atoms with Gasteiger partial charge in [-0.15, -0.1) is 0 Å². The van der Waals surface area contributed by atoms with Crippen LogP contribution < -0.4 is 0 Å². The summed E-state index contributed by atoms with van der Waals surface area (Å²) in [5.41, 5.74) is 0. The van der Waals surface area contributed by atoms with Crippen LogP contribution in [0.5, 0.6) is 0 Å². The molecule has 1 nitrogen and oxygen atoms in total. The second-order valence-corrected chi connectivity index (χ2v) is 0.931. The molecule has 0 amide bonds. The molecule has 0 aromatic heterocycles. The summed E-state index contributed by atoms with van der Waals surface area (Å²) in [6, 6.07) is 0. The zero-order chi connectivity index (χ0) is 4.12. The first-order valence-corrected chi connectivity index (χ1v) is 1.82. The zero-order valence-electron chi connectivity index (χ0n) is 3.28. The Morgan fingerprint density at radius 2 is 2.00 bits per heavy atom. The molecule has 0 aliphatic carbocycles. The maximum atomic E-state index is 8.03. The van der Waals surface area contributed by atoms with Crippen molar-refractivity contribution < 1.29 is 5.11 Å². The van der Waals surface area contributed by atoms with Crippen LogP contribution in [0.3, 0.4) is 0 Å². The van der Waals surface area contributed by atoms with E-state index < -0.39 is 0 Å². The fourth-order valence-electron chi connectivity index (χ4n) is 0.112. The van der Waals surface area contributed by atoms with Gasteiger partial charge in [0.2, 0.25) is 0 Å². The van der Waals surface area contributed by atoms with Crippen molar-refractivity contribution >= 4 is 18.9 Å². The van der Waals surface area contributed by atoms with E-state index >= 15 is 0 Å². The van der Waals surface area contributed by atoms with Gasteiger partial charge in [-0.1, -0.05) is 13.3 Å². The van der Waals surface area contributed by atoms with Crippen molar-refractivity contribution in [3.05, 3.63) is 6.92 Å². The fourth-order valence-corrected chi connectivity index (χ4v) is 0.112. The molecule has 0 fully saturated rings. The summed E-state index contributed by atoms with van der Waals surface area (Å²) in [6.45, 7) is 3.80. The van der Waals surface area contributed by atoms with E-state index in [4.69, 9.17) is 5.11 Å². The normalized spacial score (nSPS) is 7.00. The van der Waals surface area contributed by atoms with E-state index in [0.717, 1.165) is 12.8 Å². The Bertz CT molecular complexity index is 15.0. The number of hydrogen-bond donors (Lipinski definition) is 1. The van der Waals surface area contributed by atoms with Crippen LogP contribution in [0, 0.1) is 6.92 Å². The Balaban J connectivity index is 0. The van der Waals surface area contributed by atoms with Gasteiger partial charge in [-0.25, -0.2) is 0 Å². The molecule has 0 spiro atoms. The molecule has 2 heteroatoms. The monoisotopic (exact) mass is 81.1 g/mol. The van der Waals surface area contributed by atoms with Gasteiger partial charge in [-0.05, 0) is 6.42 Å². The van der Waals surface area contributed by atoms with Crippen LogP contribution in [0.4, 0.5) is 0 Å². The average Bonchev–Trinajstić information content (AvgIpc) is 1.41. The molecule has 0 heterocycles. The van der Waals surface area contributed by atoms with Gasteiger partial charge in [0.15, 0.2) is 0 Å². The molecule has 0 aliphatic heterocycles. The van der Waals surface area contributed by atoms with Crippen LogP contribution in [0.1, 0.15) is 12.8 Å². The van der Waals surface area contributed by atoms with Gasteiger partial charge < -0.3 is 5.11 Å². The topological polar surface area (TPSA) is 20.2 Å². The van der Waals surface area contributed by atoms with Crippen molar-refractivity contribution in [1.82, 2.24) is 0 Å². The van der Waals surface area contributed by atoms with Crippen molar-refractivity contribution in [2.24, 2.45) is 0 Å². The van der Waals surface area contributed by atoms with Crippen LogP contribution in [0.2, 0.25) is 0 Å². The van der Waals surface area contributed by atoms with Crippen LogP contribution in [0.25, 0.3) is 0 Å². The summed E-state index contributed by atoms with van der Waals surface area (Å²) < 4.78 is 0. The van der Waals surface area contributed by atoms with Crippen molar-refractivity contribution in [1.29, 1.82) is 0 Å². The summed E-state index contributed by atoms with van der Waals surface area (Å²) in [5.74, 6) is 0. The van der Waals surface area contributed by atoms with Crippen molar-refractivity contribution in [3.63, 3.8) is 0 Å². The molecule has 0 saturated carbocycles. The second-order valence-electron chi connectivity index (χ2n) is 0.931. The van der Waals surface area contributed by atoms with Gasteiger partial charge in [0.25, 0.3) is 0 Å². The molecule has 0 aliphatic rings. The number of aliphatic hydroxyl groups excluding tert-OH is 1. The SMILES string of the molecule is [CH2]CCCO.[LiH]. The second kappa shape index (κ2) is 9.12. The molecule has 1 N–H and O–H groups in total. The number of unbranched alkanes of at least 4 members (excludes halogenated alkanes) is 1. The zero-order valence-corrected chi connectivity index (χ0v) is 3.28. The first-order chi connectivity index (χ1) is 2.41. The fraction of sp³-hybridized carbons (Fsp3) is 0.750. The van der Waals surface area contributed by atoms with Gasteiger partial charge in [-0.2, -0.15) is 0 Å². The molecule has 0 rings (SSSR count). The minimum atomic E-state index is 0. The third-order valence-corrected chi connectivity index (χ3v) is 0.408. The molecule has 6 heavy (non-hydrogen) atoms. The van der Waals surface area contributed by atoms with Gasteiger partial charge in [-0.3, -0.25) is 0 Å². The maximum absolute atomic E-state index is 8.03. The Morgan fingerprint density at radius 1 is 1.50 bits per heavy atom. The van der Waals surface area contributed by atoms with E-state index in [9.17, 15) is 0 Å². The first kappa shape index (κ1) is 9.75. The molecular formula is C4H10LiO. The Kier molecular flexibility index (Phi) is 14.8. The Hall–Kier alpha value is 0.557. The molecule has 0 aromatic carbocycles. The quantitative estimate of drug-likeness (QED) is 0.462. The molecule has 0 bridgehead atoms. The van der Waals surface area contributed by atoms with E-state index in [1.54, 1.807) is 0 Å².